The number of ether oxygens (including phenoxy) is 2. The number of hydrogen-bond acceptors (Lipinski definition) is 13. The van der Waals surface area contributed by atoms with Crippen LogP contribution in [0.1, 0.15) is 109 Å². The normalized spacial score (nSPS) is 23.7. The highest BCUT2D eigenvalue weighted by atomic mass is 16.6. The average Bonchev–Trinajstić information content (AvgIpc) is 3.79. The highest BCUT2D eigenvalue weighted by molar-refractivity contribution is 6.00. The fraction of sp³-hybridized carbons (Fsp3) is 0.778. The first-order chi connectivity index (χ1) is 24.0. The summed E-state index contributed by atoms with van der Waals surface area (Å²) in [6.45, 7) is 14.4. The number of likely N-dealkylation sites (tertiary alicyclic amines) is 4. The molecule has 4 fully saturated rings. The van der Waals surface area contributed by atoms with Crippen LogP contribution in [0.4, 0.5) is 9.59 Å². The molecule has 2 unspecified atom stereocenters. The lowest BCUT2D eigenvalue weighted by atomic mass is 9.83. The molecule has 6 atom stereocenters. The molecule has 4 aliphatic rings. The number of nitrogens with zero attached hydrogens (tertiary/aromatic N) is 6. The largest absolute Gasteiger partial charge is 0.480 e. The van der Waals surface area contributed by atoms with Crippen LogP contribution in [0.5, 0.6) is 0 Å². The fourth-order valence-corrected chi connectivity index (χ4v) is 7.10. The van der Waals surface area contributed by atoms with Crippen LogP contribution in [-0.2, 0) is 35.2 Å². The molecule has 4 saturated heterocycles. The predicted molar refractivity (Wildman–Crippen MR) is 198 cm³/mol. The smallest absolute Gasteiger partial charge is 0.411 e. The van der Waals surface area contributed by atoms with Gasteiger partial charge in [-0.25, -0.2) is 14.4 Å². The van der Waals surface area contributed by atoms with Gasteiger partial charge in [0.1, 0.15) is 28.3 Å². The van der Waals surface area contributed by atoms with E-state index in [-0.39, 0.29) is 53.7 Å². The summed E-state index contributed by atoms with van der Waals surface area (Å²) in [6, 6.07) is -2.38. The van der Waals surface area contributed by atoms with Crippen molar-refractivity contribution in [3.8, 4) is 0 Å². The minimum atomic E-state index is -1.30. The Morgan fingerprint density at radius 2 is 1.24 bits per heavy atom. The van der Waals surface area contributed by atoms with E-state index in [4.69, 9.17) is 14.0 Å². The molecular weight excluding hydrogens is 722 g/mol. The standard InChI is InChI=1S/C18H27N5O6.C15H24N2O6.3CH4/c1-11(24)13(14(25)19-8-12-20-10-21-29-12)22-9-18(15(22)26)6-5-7-23(18)16(27)28-17(2,3)4;1-9(18)10(11(19)20)16-8-15(12(16)21)6-5-7-17(15)13(22)23-14(2,3)4;;;/h10-11,13,24H,5-9H2,1-4H3,(H,19,25);9-10,18H,5-8H2,1-4H3,(H,19,20);3*1H4/t11-,13+,18?;9-,10+,15?;;;/m11.../s1. The summed E-state index contributed by atoms with van der Waals surface area (Å²) in [5.41, 5.74) is -3.38. The molecule has 19 nitrogen and oxygen atoms in total. The molecule has 0 aliphatic carbocycles. The Labute approximate surface area is 323 Å². The lowest BCUT2D eigenvalue weighted by Crippen LogP contribution is -2.77. The molecule has 5 heterocycles. The molecule has 0 aromatic carbocycles. The van der Waals surface area contributed by atoms with Crippen LogP contribution >= 0.6 is 0 Å². The molecular formula is C36H63N7O12. The van der Waals surface area contributed by atoms with Crippen molar-refractivity contribution in [1.29, 1.82) is 0 Å². The summed E-state index contributed by atoms with van der Waals surface area (Å²) in [6.07, 6.45) is 0.116. The number of amides is 5. The minimum Gasteiger partial charge on any atom is -0.480 e. The molecule has 4 aliphatic heterocycles. The fourth-order valence-electron chi connectivity index (χ4n) is 7.10. The molecule has 19 heteroatoms. The molecule has 0 bridgehead atoms. The van der Waals surface area contributed by atoms with Gasteiger partial charge in [0.2, 0.25) is 11.8 Å². The van der Waals surface area contributed by atoms with E-state index in [1.54, 1.807) is 41.5 Å². The first-order valence-electron chi connectivity index (χ1n) is 17.3. The topological polar surface area (TPSA) is 245 Å². The van der Waals surface area contributed by atoms with Crippen molar-refractivity contribution in [3.05, 3.63) is 12.2 Å². The van der Waals surface area contributed by atoms with Gasteiger partial charge in [-0.1, -0.05) is 27.4 Å². The molecule has 55 heavy (non-hydrogen) atoms. The molecule has 314 valence electrons. The average molecular weight is 786 g/mol. The zero-order valence-electron chi connectivity index (χ0n) is 30.9. The Balaban J connectivity index is 0.000000534. The number of aliphatic carboxylic acids is 1. The van der Waals surface area contributed by atoms with E-state index in [9.17, 15) is 44.1 Å². The number of β-lactam (4-membered cyclic amide) rings is 2. The van der Waals surface area contributed by atoms with Gasteiger partial charge in [-0.3, -0.25) is 24.2 Å². The second-order valence-corrected chi connectivity index (χ2v) is 15.7. The Hall–Kier alpha value is -4.52. The zero-order chi connectivity index (χ0) is 39.0. The van der Waals surface area contributed by atoms with E-state index in [2.05, 4.69) is 15.5 Å². The van der Waals surface area contributed by atoms with Gasteiger partial charge in [0.05, 0.1) is 31.8 Å². The number of carboxylic acid groups (broad SMARTS) is 1. The van der Waals surface area contributed by atoms with E-state index in [0.29, 0.717) is 38.8 Å². The summed E-state index contributed by atoms with van der Waals surface area (Å²) in [7, 11) is 0. The Morgan fingerprint density at radius 3 is 1.56 bits per heavy atom. The van der Waals surface area contributed by atoms with Crippen molar-refractivity contribution in [2.45, 2.75) is 156 Å². The van der Waals surface area contributed by atoms with Gasteiger partial charge >= 0.3 is 18.2 Å². The van der Waals surface area contributed by atoms with Gasteiger partial charge in [0.25, 0.3) is 11.8 Å². The highest BCUT2D eigenvalue weighted by Crippen LogP contribution is 2.42. The van der Waals surface area contributed by atoms with E-state index >= 15 is 0 Å². The van der Waals surface area contributed by atoms with Crippen LogP contribution in [0.2, 0.25) is 0 Å². The van der Waals surface area contributed by atoms with Crippen molar-refractivity contribution in [2.75, 3.05) is 26.2 Å². The van der Waals surface area contributed by atoms with Gasteiger partial charge in [-0.2, -0.15) is 4.98 Å². The molecule has 0 saturated carbocycles. The van der Waals surface area contributed by atoms with Crippen LogP contribution in [0, 0.1) is 0 Å². The maximum Gasteiger partial charge on any atom is 0.411 e. The van der Waals surface area contributed by atoms with Gasteiger partial charge in [-0.15, -0.1) is 0 Å². The summed E-state index contributed by atoms with van der Waals surface area (Å²) in [5.74, 6) is -2.39. The van der Waals surface area contributed by atoms with Crippen LogP contribution < -0.4 is 5.32 Å². The van der Waals surface area contributed by atoms with Crippen molar-refractivity contribution >= 4 is 35.9 Å². The number of nitrogens with one attached hydrogen (secondary N) is 1. The SMILES string of the molecule is C.C.C.C[C@@H](O)[C@@H](C(=O)NCc1ncno1)N1CC2(CCCN2C(=O)OC(C)(C)C)C1=O.C[C@@H](O)[C@@H](C(=O)O)N1CC2(CCCN2C(=O)OC(C)(C)C)C1=O. The molecule has 5 rings (SSSR count). The highest BCUT2D eigenvalue weighted by Gasteiger charge is 2.64. The maximum atomic E-state index is 13.1. The summed E-state index contributed by atoms with van der Waals surface area (Å²) >= 11 is 0. The number of carbonyl (C=O) groups is 6. The number of carbonyl (C=O) groups excluding carboxylic acids is 5. The van der Waals surface area contributed by atoms with Crippen LogP contribution in [-0.4, -0.2) is 154 Å². The van der Waals surface area contributed by atoms with Crippen LogP contribution in [0.25, 0.3) is 0 Å². The quantitative estimate of drug-likeness (QED) is 0.277. The second-order valence-electron chi connectivity index (χ2n) is 15.7. The number of aromatic nitrogens is 2. The van der Waals surface area contributed by atoms with Crippen molar-refractivity contribution < 1.29 is 58.1 Å². The number of hydrogen-bond donors (Lipinski definition) is 4. The number of aliphatic hydroxyl groups is 2. The van der Waals surface area contributed by atoms with E-state index in [1.165, 1.54) is 34.9 Å². The summed E-state index contributed by atoms with van der Waals surface area (Å²) in [4.78, 5) is 83.6. The van der Waals surface area contributed by atoms with Crippen molar-refractivity contribution in [2.24, 2.45) is 0 Å². The zero-order valence-corrected chi connectivity index (χ0v) is 30.9. The van der Waals surface area contributed by atoms with Crippen LogP contribution in [0.15, 0.2) is 10.9 Å². The summed E-state index contributed by atoms with van der Waals surface area (Å²) < 4.78 is 15.6. The number of aliphatic hydroxyl groups excluding tert-OH is 2. The third-order valence-electron chi connectivity index (χ3n) is 9.31. The molecule has 4 N–H and O–H groups in total. The third-order valence-corrected chi connectivity index (χ3v) is 9.31. The Bertz CT molecular complexity index is 1520. The van der Waals surface area contributed by atoms with Gasteiger partial charge in [0.15, 0.2) is 12.4 Å². The molecule has 2 spiro atoms. The van der Waals surface area contributed by atoms with Crippen molar-refractivity contribution in [1.82, 2.24) is 35.1 Å². The minimum absolute atomic E-state index is 0. The van der Waals surface area contributed by atoms with E-state index in [1.807, 2.05) is 0 Å². The Morgan fingerprint density at radius 1 is 0.818 bits per heavy atom. The van der Waals surface area contributed by atoms with Gasteiger partial charge in [-0.05, 0) is 81.1 Å². The van der Waals surface area contributed by atoms with Crippen LogP contribution in [0.3, 0.4) is 0 Å². The molecule has 1 aromatic heterocycles. The first kappa shape index (κ1) is 48.5. The number of rotatable bonds is 8. The maximum absolute atomic E-state index is 13.1. The molecule has 5 amide bonds. The Kier molecular flexibility index (Phi) is 15.8. The summed E-state index contributed by atoms with van der Waals surface area (Å²) in [5, 5.41) is 35.0. The number of carboxylic acids is 1. The lowest BCUT2D eigenvalue weighted by Gasteiger charge is -2.53. The van der Waals surface area contributed by atoms with E-state index < -0.39 is 76.5 Å². The van der Waals surface area contributed by atoms with Crippen molar-refractivity contribution in [3.63, 3.8) is 0 Å². The lowest BCUT2D eigenvalue weighted by molar-refractivity contribution is -0.176. The van der Waals surface area contributed by atoms with E-state index in [0.717, 1.165) is 4.90 Å². The second kappa shape index (κ2) is 18.0. The predicted octanol–water partition coefficient (Wildman–Crippen LogP) is 2.39. The first-order valence-corrected chi connectivity index (χ1v) is 17.3. The monoisotopic (exact) mass is 785 g/mol. The molecule has 0 radical (unpaired) electrons. The van der Waals surface area contributed by atoms with Gasteiger partial charge < -0.3 is 44.4 Å². The molecule has 1 aromatic rings. The third kappa shape index (κ3) is 10.0. The van der Waals surface area contributed by atoms with Gasteiger partial charge in [0, 0.05) is 13.1 Å².